The fourth-order valence-electron chi connectivity index (χ4n) is 2.62. The van der Waals surface area contributed by atoms with Gasteiger partial charge in [-0.3, -0.25) is 9.69 Å². The number of carbonyl (C=O) groups excluding carboxylic acids is 1. The van der Waals surface area contributed by atoms with Gasteiger partial charge in [-0.05, 0) is 29.2 Å². The van der Waals surface area contributed by atoms with Crippen molar-refractivity contribution in [2.45, 2.75) is 0 Å². The molecule has 2 nitrogen and oxygen atoms in total. The summed E-state index contributed by atoms with van der Waals surface area (Å²) in [5.41, 5.74) is 3.13. The van der Waals surface area contributed by atoms with Crippen LogP contribution in [0.5, 0.6) is 0 Å². The number of allylic oxidation sites excluding steroid dienone is 1. The molecular formula is C15H9NO. The van der Waals surface area contributed by atoms with E-state index in [1.54, 1.807) is 11.0 Å². The summed E-state index contributed by atoms with van der Waals surface area (Å²) < 4.78 is 0. The Kier molecular flexibility index (Phi) is 1.47. The molecule has 0 saturated heterocycles. The molecule has 2 aromatic rings. The van der Waals surface area contributed by atoms with Gasteiger partial charge in [0.15, 0.2) is 0 Å². The Morgan fingerprint density at radius 2 is 1.76 bits per heavy atom. The lowest BCUT2D eigenvalue weighted by molar-refractivity contribution is -0.113. The summed E-state index contributed by atoms with van der Waals surface area (Å²) in [7, 11) is 0. The van der Waals surface area contributed by atoms with E-state index in [1.807, 2.05) is 18.2 Å². The Morgan fingerprint density at radius 1 is 0.941 bits per heavy atom. The number of benzene rings is 2. The molecule has 0 radical (unpaired) electrons. The average molecular weight is 219 g/mol. The van der Waals surface area contributed by atoms with Crippen molar-refractivity contribution in [2.24, 2.45) is 0 Å². The van der Waals surface area contributed by atoms with E-state index in [0.717, 1.165) is 16.8 Å². The van der Waals surface area contributed by atoms with Gasteiger partial charge in [0.25, 0.3) is 5.91 Å². The molecule has 0 saturated carbocycles. The molecule has 0 unspecified atom stereocenters. The van der Waals surface area contributed by atoms with Crippen molar-refractivity contribution < 1.29 is 4.79 Å². The van der Waals surface area contributed by atoms with E-state index in [-0.39, 0.29) is 5.91 Å². The van der Waals surface area contributed by atoms with Crippen LogP contribution in [0.2, 0.25) is 0 Å². The van der Waals surface area contributed by atoms with Crippen LogP contribution in [0.3, 0.4) is 0 Å². The maximum absolute atomic E-state index is 11.9. The van der Waals surface area contributed by atoms with Gasteiger partial charge in [-0.2, -0.15) is 0 Å². The highest BCUT2D eigenvalue weighted by molar-refractivity contribution is 6.17. The Bertz CT molecular complexity index is 720. The van der Waals surface area contributed by atoms with E-state index in [9.17, 15) is 4.79 Å². The summed E-state index contributed by atoms with van der Waals surface area (Å²) in [6, 6.07) is 12.3. The van der Waals surface area contributed by atoms with Gasteiger partial charge in [0, 0.05) is 11.5 Å². The highest BCUT2D eigenvalue weighted by atomic mass is 16.2. The largest absolute Gasteiger partial charge is 0.277 e. The van der Waals surface area contributed by atoms with Crippen LogP contribution in [0.15, 0.2) is 54.2 Å². The molecule has 0 aliphatic carbocycles. The topological polar surface area (TPSA) is 20.3 Å². The number of fused-ring (bicyclic) bond motifs is 2. The molecule has 2 aliphatic rings. The molecular weight excluding hydrogens is 210 g/mol. The van der Waals surface area contributed by atoms with Gasteiger partial charge < -0.3 is 0 Å². The first-order chi connectivity index (χ1) is 8.34. The van der Waals surface area contributed by atoms with E-state index in [0.29, 0.717) is 0 Å². The number of nitrogens with zero attached hydrogens (tertiary/aromatic N) is 1. The number of amides is 1. The van der Waals surface area contributed by atoms with Crippen LogP contribution >= 0.6 is 0 Å². The summed E-state index contributed by atoms with van der Waals surface area (Å²) in [4.78, 5) is 13.6. The fourth-order valence-corrected chi connectivity index (χ4v) is 2.62. The van der Waals surface area contributed by atoms with Gasteiger partial charge in [0.2, 0.25) is 0 Å². The first kappa shape index (κ1) is 8.76. The molecule has 2 heteroatoms. The molecule has 4 rings (SSSR count). The van der Waals surface area contributed by atoms with Crippen molar-refractivity contribution in [2.75, 3.05) is 4.90 Å². The van der Waals surface area contributed by atoms with Crippen LogP contribution in [0.1, 0.15) is 5.56 Å². The van der Waals surface area contributed by atoms with Crippen LogP contribution in [0.4, 0.5) is 5.69 Å². The van der Waals surface area contributed by atoms with Crippen LogP contribution < -0.4 is 4.90 Å². The van der Waals surface area contributed by atoms with E-state index in [4.69, 9.17) is 0 Å². The Labute approximate surface area is 98.5 Å². The molecule has 0 N–H and O–H groups in total. The number of hydrogen-bond donors (Lipinski definition) is 0. The lowest BCUT2D eigenvalue weighted by Gasteiger charge is -2.25. The maximum Gasteiger partial charge on any atom is 0.255 e. The minimum atomic E-state index is 0.0400. The first-order valence-electron chi connectivity index (χ1n) is 5.60. The molecule has 0 atom stereocenters. The lowest BCUT2D eigenvalue weighted by atomic mass is 9.98. The summed E-state index contributed by atoms with van der Waals surface area (Å²) >= 11 is 0. The zero-order chi connectivity index (χ0) is 11.4. The average Bonchev–Trinajstić information content (AvgIpc) is 2.72. The smallest absolute Gasteiger partial charge is 0.255 e. The summed E-state index contributed by atoms with van der Waals surface area (Å²) in [6.45, 7) is 0. The first-order valence-corrected chi connectivity index (χ1v) is 5.60. The van der Waals surface area contributed by atoms with Crippen LogP contribution in [0, 0.1) is 0 Å². The Balaban J connectivity index is 2.18. The second-order valence-corrected chi connectivity index (χ2v) is 4.30. The molecule has 80 valence electrons. The van der Waals surface area contributed by atoms with E-state index in [1.165, 1.54) is 10.9 Å². The standard InChI is InChI=1S/C15H9NO/c17-14-8-7-12-9-11-5-1-3-10-4-2-6-13(15(10)11)16(12)14/h1-9H. The van der Waals surface area contributed by atoms with Gasteiger partial charge in [-0.15, -0.1) is 0 Å². The van der Waals surface area contributed by atoms with E-state index < -0.39 is 0 Å². The van der Waals surface area contributed by atoms with Crippen molar-refractivity contribution in [3.8, 4) is 0 Å². The third-order valence-electron chi connectivity index (χ3n) is 3.33. The lowest BCUT2D eigenvalue weighted by Crippen LogP contribution is -2.25. The van der Waals surface area contributed by atoms with Gasteiger partial charge in [0.05, 0.1) is 11.4 Å². The number of rotatable bonds is 0. The summed E-state index contributed by atoms with van der Waals surface area (Å²) in [6.07, 6.45) is 5.56. The molecule has 0 aromatic heterocycles. The minimum Gasteiger partial charge on any atom is -0.277 e. The normalized spacial score (nSPS) is 16.4. The third-order valence-corrected chi connectivity index (χ3v) is 3.33. The van der Waals surface area contributed by atoms with Crippen molar-refractivity contribution in [3.63, 3.8) is 0 Å². The van der Waals surface area contributed by atoms with Crippen LogP contribution in [-0.4, -0.2) is 5.91 Å². The highest BCUT2D eigenvalue weighted by Crippen LogP contribution is 2.39. The maximum atomic E-state index is 11.9. The fraction of sp³-hybridized carbons (Fsp3) is 0. The zero-order valence-electron chi connectivity index (χ0n) is 9.05. The predicted molar refractivity (Wildman–Crippen MR) is 68.6 cm³/mol. The summed E-state index contributed by atoms with van der Waals surface area (Å²) in [5.74, 6) is 0.0400. The number of carbonyl (C=O) groups is 1. The number of hydrogen-bond acceptors (Lipinski definition) is 1. The molecule has 17 heavy (non-hydrogen) atoms. The van der Waals surface area contributed by atoms with Gasteiger partial charge in [0.1, 0.15) is 0 Å². The van der Waals surface area contributed by atoms with Crippen molar-refractivity contribution in [1.82, 2.24) is 0 Å². The molecule has 1 amide bonds. The van der Waals surface area contributed by atoms with Crippen molar-refractivity contribution in [3.05, 3.63) is 59.8 Å². The third kappa shape index (κ3) is 1.02. The minimum absolute atomic E-state index is 0.0400. The second-order valence-electron chi connectivity index (χ2n) is 4.30. The molecule has 0 fully saturated rings. The molecule has 2 aliphatic heterocycles. The van der Waals surface area contributed by atoms with Crippen LogP contribution in [-0.2, 0) is 4.79 Å². The van der Waals surface area contributed by atoms with E-state index >= 15 is 0 Å². The summed E-state index contributed by atoms with van der Waals surface area (Å²) in [5, 5.41) is 2.34. The Hall–Kier alpha value is -2.35. The molecule has 0 bridgehead atoms. The van der Waals surface area contributed by atoms with Gasteiger partial charge >= 0.3 is 0 Å². The number of anilines is 1. The zero-order valence-corrected chi connectivity index (χ0v) is 9.05. The van der Waals surface area contributed by atoms with Crippen LogP contribution in [0.25, 0.3) is 16.8 Å². The highest BCUT2D eigenvalue weighted by Gasteiger charge is 2.27. The van der Waals surface area contributed by atoms with Gasteiger partial charge in [-0.25, -0.2) is 0 Å². The van der Waals surface area contributed by atoms with Crippen molar-refractivity contribution >= 4 is 28.4 Å². The second kappa shape index (κ2) is 2.86. The molecule has 2 heterocycles. The van der Waals surface area contributed by atoms with E-state index in [2.05, 4.69) is 30.3 Å². The monoisotopic (exact) mass is 219 g/mol. The Morgan fingerprint density at radius 3 is 2.65 bits per heavy atom. The van der Waals surface area contributed by atoms with Gasteiger partial charge in [-0.1, -0.05) is 30.3 Å². The molecule has 0 spiro atoms. The quantitative estimate of drug-likeness (QED) is 0.666. The molecule has 2 aromatic carbocycles. The predicted octanol–water partition coefficient (Wildman–Crippen LogP) is 3.10. The SMILES string of the molecule is O=C1C=CC2=Cc3cccc4cccc(c34)N12. The van der Waals surface area contributed by atoms with Crippen molar-refractivity contribution in [1.29, 1.82) is 0 Å².